The summed E-state index contributed by atoms with van der Waals surface area (Å²) in [7, 11) is 0. The molecule has 0 saturated heterocycles. The molecule has 0 fully saturated rings. The number of rotatable bonds is 3. The fourth-order valence-electron chi connectivity index (χ4n) is 1.60. The van der Waals surface area contributed by atoms with Crippen molar-refractivity contribution in [1.29, 1.82) is 5.26 Å². The van der Waals surface area contributed by atoms with Crippen LogP contribution < -0.4 is 0 Å². The third-order valence-electron chi connectivity index (χ3n) is 2.60. The summed E-state index contributed by atoms with van der Waals surface area (Å²) in [6.07, 6.45) is 3.11. The fraction of sp³-hybridized carbons (Fsp3) is 0. The van der Waals surface area contributed by atoms with Gasteiger partial charge in [0.25, 0.3) is 0 Å². The molecule has 0 atom stereocenters. The summed E-state index contributed by atoms with van der Waals surface area (Å²) in [5, 5.41) is 17.9. The van der Waals surface area contributed by atoms with Gasteiger partial charge in [0.2, 0.25) is 0 Å². The number of aromatic hydroxyl groups is 1. The predicted octanol–water partition coefficient (Wildman–Crippen LogP) is 3.16. The highest BCUT2D eigenvalue weighted by Gasteiger charge is 2.02. The fourth-order valence-corrected chi connectivity index (χ4v) is 1.60. The minimum atomic E-state index is -0.162. The minimum Gasteiger partial charge on any atom is -0.508 e. The van der Waals surface area contributed by atoms with Crippen LogP contribution in [0.3, 0.4) is 0 Å². The average molecular weight is 249 g/mol. The topological polar surface area (TPSA) is 61.1 Å². The van der Waals surface area contributed by atoms with Gasteiger partial charge in [-0.05, 0) is 35.9 Å². The number of carbonyl (C=O) groups excluding carboxylic acids is 1. The lowest BCUT2D eigenvalue weighted by atomic mass is 10.1. The molecular weight excluding hydrogens is 238 g/mol. The van der Waals surface area contributed by atoms with Crippen molar-refractivity contribution in [3.63, 3.8) is 0 Å². The van der Waals surface area contributed by atoms with Crippen LogP contribution in [-0.4, -0.2) is 10.9 Å². The van der Waals surface area contributed by atoms with Gasteiger partial charge in [0.1, 0.15) is 5.75 Å². The van der Waals surface area contributed by atoms with Crippen molar-refractivity contribution in [3.8, 4) is 11.8 Å². The zero-order valence-corrected chi connectivity index (χ0v) is 10.1. The molecule has 0 saturated carbocycles. The number of ketones is 1. The van der Waals surface area contributed by atoms with Crippen molar-refractivity contribution in [3.05, 3.63) is 71.3 Å². The van der Waals surface area contributed by atoms with Gasteiger partial charge < -0.3 is 5.11 Å². The number of hydrogen-bond acceptors (Lipinski definition) is 3. The molecule has 0 amide bonds. The summed E-state index contributed by atoms with van der Waals surface area (Å²) >= 11 is 0. The molecule has 2 rings (SSSR count). The van der Waals surface area contributed by atoms with Crippen LogP contribution >= 0.6 is 0 Å². The van der Waals surface area contributed by atoms with Crippen LogP contribution in [0, 0.1) is 11.3 Å². The zero-order chi connectivity index (χ0) is 13.7. The zero-order valence-electron chi connectivity index (χ0n) is 10.1. The Balaban J connectivity index is 2.16. The van der Waals surface area contributed by atoms with Gasteiger partial charge in [0, 0.05) is 5.56 Å². The number of carbonyl (C=O) groups is 1. The number of phenols is 1. The van der Waals surface area contributed by atoms with Gasteiger partial charge >= 0.3 is 0 Å². The molecule has 3 heteroatoms. The van der Waals surface area contributed by atoms with Crippen LogP contribution in [-0.2, 0) is 0 Å². The quantitative estimate of drug-likeness (QED) is 0.671. The SMILES string of the molecule is N#Cc1cccc(C(=O)/C=C/c2ccc(O)cc2)c1. The first kappa shape index (κ1) is 12.6. The number of benzene rings is 2. The van der Waals surface area contributed by atoms with Crippen LogP contribution in [0.5, 0.6) is 5.75 Å². The van der Waals surface area contributed by atoms with Gasteiger partial charge in [-0.15, -0.1) is 0 Å². The van der Waals surface area contributed by atoms with E-state index >= 15 is 0 Å². The molecular formula is C16H11NO2. The molecule has 19 heavy (non-hydrogen) atoms. The summed E-state index contributed by atoms with van der Waals surface area (Å²) in [4.78, 5) is 11.9. The van der Waals surface area contributed by atoms with Gasteiger partial charge in [-0.1, -0.05) is 30.3 Å². The van der Waals surface area contributed by atoms with E-state index in [1.54, 1.807) is 54.6 Å². The number of phenolic OH excluding ortho intramolecular Hbond substituents is 1. The van der Waals surface area contributed by atoms with E-state index in [0.717, 1.165) is 5.56 Å². The Hall–Kier alpha value is -2.86. The third-order valence-corrected chi connectivity index (χ3v) is 2.60. The Morgan fingerprint density at radius 2 is 1.89 bits per heavy atom. The molecule has 0 unspecified atom stereocenters. The van der Waals surface area contributed by atoms with E-state index in [0.29, 0.717) is 11.1 Å². The van der Waals surface area contributed by atoms with E-state index in [2.05, 4.69) is 0 Å². The molecule has 3 nitrogen and oxygen atoms in total. The monoisotopic (exact) mass is 249 g/mol. The van der Waals surface area contributed by atoms with Crippen LogP contribution in [0.4, 0.5) is 0 Å². The van der Waals surface area contributed by atoms with Gasteiger partial charge in [-0.3, -0.25) is 4.79 Å². The van der Waals surface area contributed by atoms with Crippen LogP contribution in [0.1, 0.15) is 21.5 Å². The van der Waals surface area contributed by atoms with Crippen molar-refractivity contribution in [2.24, 2.45) is 0 Å². The second-order valence-electron chi connectivity index (χ2n) is 3.98. The summed E-state index contributed by atoms with van der Waals surface area (Å²) < 4.78 is 0. The Labute approximate surface area is 111 Å². The van der Waals surface area contributed by atoms with Gasteiger partial charge in [-0.2, -0.15) is 5.26 Å². The Morgan fingerprint density at radius 1 is 1.16 bits per heavy atom. The molecule has 0 spiro atoms. The summed E-state index contributed by atoms with van der Waals surface area (Å²) in [6.45, 7) is 0. The van der Waals surface area contributed by atoms with E-state index in [9.17, 15) is 4.79 Å². The molecule has 1 N–H and O–H groups in total. The molecule has 0 bridgehead atoms. The Morgan fingerprint density at radius 3 is 2.58 bits per heavy atom. The first-order valence-electron chi connectivity index (χ1n) is 5.70. The van der Waals surface area contributed by atoms with E-state index < -0.39 is 0 Å². The van der Waals surface area contributed by atoms with Crippen LogP contribution in [0.25, 0.3) is 6.08 Å². The third kappa shape index (κ3) is 3.30. The van der Waals surface area contributed by atoms with E-state index in [4.69, 9.17) is 10.4 Å². The van der Waals surface area contributed by atoms with Crippen molar-refractivity contribution in [2.45, 2.75) is 0 Å². The predicted molar refractivity (Wildman–Crippen MR) is 72.6 cm³/mol. The number of allylic oxidation sites excluding steroid dienone is 1. The molecule has 2 aromatic carbocycles. The standard InChI is InChI=1S/C16H11NO2/c17-11-13-2-1-3-14(10-13)16(19)9-6-12-4-7-15(18)8-5-12/h1-10,18H/b9-6+. The molecule has 0 radical (unpaired) electrons. The summed E-state index contributed by atoms with van der Waals surface area (Å²) in [5.41, 5.74) is 1.76. The molecule has 0 aromatic heterocycles. The van der Waals surface area contributed by atoms with Gasteiger partial charge in [0.15, 0.2) is 5.78 Å². The van der Waals surface area contributed by atoms with Gasteiger partial charge in [-0.25, -0.2) is 0 Å². The molecule has 0 aliphatic heterocycles. The maximum absolute atomic E-state index is 11.9. The lowest BCUT2D eigenvalue weighted by Crippen LogP contribution is -1.94. The first-order chi connectivity index (χ1) is 9.19. The van der Waals surface area contributed by atoms with Crippen molar-refractivity contribution in [2.75, 3.05) is 0 Å². The molecule has 2 aromatic rings. The van der Waals surface area contributed by atoms with Crippen LogP contribution in [0.15, 0.2) is 54.6 Å². The molecule has 0 aliphatic carbocycles. The molecule has 0 heterocycles. The summed E-state index contributed by atoms with van der Waals surface area (Å²) in [5.74, 6) is 0.0235. The van der Waals surface area contributed by atoms with Crippen molar-refractivity contribution >= 4 is 11.9 Å². The number of hydrogen-bond donors (Lipinski definition) is 1. The highest BCUT2D eigenvalue weighted by Crippen LogP contribution is 2.12. The van der Waals surface area contributed by atoms with Crippen molar-refractivity contribution in [1.82, 2.24) is 0 Å². The largest absolute Gasteiger partial charge is 0.508 e. The lowest BCUT2D eigenvalue weighted by Gasteiger charge is -1.97. The normalized spacial score (nSPS) is 10.3. The average Bonchev–Trinajstić information content (AvgIpc) is 2.46. The Bertz CT molecular complexity index is 664. The smallest absolute Gasteiger partial charge is 0.185 e. The molecule has 0 aliphatic rings. The maximum Gasteiger partial charge on any atom is 0.185 e. The number of nitriles is 1. The Kier molecular flexibility index (Phi) is 3.75. The molecule has 92 valence electrons. The second kappa shape index (κ2) is 5.65. The van der Waals surface area contributed by atoms with Gasteiger partial charge in [0.05, 0.1) is 11.6 Å². The maximum atomic E-state index is 11.9. The second-order valence-corrected chi connectivity index (χ2v) is 3.98. The van der Waals surface area contributed by atoms with E-state index in [1.165, 1.54) is 6.08 Å². The number of nitrogens with zero attached hydrogens (tertiary/aromatic N) is 1. The summed E-state index contributed by atoms with van der Waals surface area (Å²) in [6, 6.07) is 15.1. The highest BCUT2D eigenvalue weighted by atomic mass is 16.3. The lowest BCUT2D eigenvalue weighted by molar-refractivity contribution is 0.104. The first-order valence-corrected chi connectivity index (χ1v) is 5.70. The van der Waals surface area contributed by atoms with Crippen molar-refractivity contribution < 1.29 is 9.90 Å². The van der Waals surface area contributed by atoms with E-state index in [1.807, 2.05) is 6.07 Å². The highest BCUT2D eigenvalue weighted by molar-refractivity contribution is 6.06. The van der Waals surface area contributed by atoms with Crippen LogP contribution in [0.2, 0.25) is 0 Å². The minimum absolute atomic E-state index is 0.162. The van der Waals surface area contributed by atoms with E-state index in [-0.39, 0.29) is 11.5 Å².